The fraction of sp³-hybridized carbons (Fsp3) is 0.235. The summed E-state index contributed by atoms with van der Waals surface area (Å²) in [6.07, 6.45) is 2.07. The van der Waals surface area contributed by atoms with E-state index in [1.54, 1.807) is 0 Å². The minimum atomic E-state index is -0.444. The van der Waals surface area contributed by atoms with Crippen molar-refractivity contribution in [3.63, 3.8) is 0 Å². The van der Waals surface area contributed by atoms with Gasteiger partial charge in [-0.1, -0.05) is 13.3 Å². The Morgan fingerprint density at radius 1 is 1.22 bits per heavy atom. The molecule has 1 aromatic rings. The van der Waals surface area contributed by atoms with E-state index >= 15 is 0 Å². The first kappa shape index (κ1) is 16.8. The molecule has 1 aliphatic heterocycles. The Morgan fingerprint density at radius 2 is 2.00 bits per heavy atom. The number of hydrogen-bond acceptors (Lipinski definition) is 4. The molecule has 4 nitrogen and oxygen atoms in total. The van der Waals surface area contributed by atoms with Gasteiger partial charge in [0, 0.05) is 17.0 Å². The normalized spacial score (nSPS) is 11.3. The van der Waals surface area contributed by atoms with Gasteiger partial charge in [0.1, 0.15) is 11.5 Å². The zero-order valence-corrected chi connectivity index (χ0v) is 16.7. The topological polar surface area (TPSA) is 59.7 Å². The second-order valence-electron chi connectivity index (χ2n) is 5.23. The van der Waals surface area contributed by atoms with Crippen LogP contribution in [0.15, 0.2) is 33.5 Å². The van der Waals surface area contributed by atoms with Crippen LogP contribution in [-0.2, 0) is 0 Å². The van der Waals surface area contributed by atoms with E-state index in [4.69, 9.17) is 9.15 Å². The van der Waals surface area contributed by atoms with Gasteiger partial charge >= 0.3 is 0 Å². The van der Waals surface area contributed by atoms with Gasteiger partial charge in [0.25, 0.3) is 0 Å². The smallest absolute Gasteiger partial charge is 0.223 e. The third-order valence-corrected chi connectivity index (χ3v) is 5.30. The number of unbranched alkanes of at least 4 members (excludes halogenated alkanes) is 1. The minimum absolute atomic E-state index is 0.268. The van der Waals surface area contributed by atoms with Gasteiger partial charge in [0.2, 0.25) is 5.43 Å². The molecule has 23 heavy (non-hydrogen) atoms. The van der Waals surface area contributed by atoms with E-state index < -0.39 is 5.43 Å². The molecule has 1 aromatic carbocycles. The Balaban J connectivity index is 2.20. The van der Waals surface area contributed by atoms with Crippen molar-refractivity contribution < 1.29 is 14.3 Å². The van der Waals surface area contributed by atoms with Crippen molar-refractivity contribution >= 4 is 56.2 Å². The number of aromatic hydroxyl groups is 1. The summed E-state index contributed by atoms with van der Waals surface area (Å²) in [6.45, 7) is 2.79. The average molecular weight is 536 g/mol. The lowest BCUT2D eigenvalue weighted by Gasteiger charge is -2.14. The number of phenols is 1. The van der Waals surface area contributed by atoms with Gasteiger partial charge in [-0.05, 0) is 69.8 Å². The maximum Gasteiger partial charge on any atom is 0.223 e. The fourth-order valence-electron chi connectivity index (χ4n) is 2.31. The van der Waals surface area contributed by atoms with Gasteiger partial charge in [0.15, 0.2) is 11.3 Å². The molecular weight excluding hydrogens is 522 g/mol. The van der Waals surface area contributed by atoms with Crippen molar-refractivity contribution in [2.75, 3.05) is 6.61 Å². The van der Waals surface area contributed by atoms with Crippen LogP contribution < -0.4 is 10.2 Å². The van der Waals surface area contributed by atoms with Crippen LogP contribution in [0.5, 0.6) is 11.5 Å². The third kappa shape index (κ3) is 3.28. The van der Waals surface area contributed by atoms with Gasteiger partial charge in [-0.15, -0.1) is 0 Å². The second kappa shape index (κ2) is 6.84. The number of ether oxygens (including phenoxy) is 1. The number of halogens is 2. The Kier molecular flexibility index (Phi) is 5.00. The summed E-state index contributed by atoms with van der Waals surface area (Å²) in [6, 6.07) is 6.65. The molecular formula is C17H14I2O4. The van der Waals surface area contributed by atoms with Gasteiger partial charge in [-0.3, -0.25) is 4.79 Å². The first-order valence-corrected chi connectivity index (χ1v) is 9.38. The van der Waals surface area contributed by atoms with Crippen LogP contribution in [0.2, 0.25) is 0 Å². The van der Waals surface area contributed by atoms with Crippen LogP contribution in [0, 0.1) is 7.14 Å². The number of hydrogen-bond donors (Lipinski definition) is 1. The highest BCUT2D eigenvalue weighted by Crippen LogP contribution is 2.38. The molecule has 1 N–H and O–H groups in total. The van der Waals surface area contributed by atoms with E-state index in [9.17, 15) is 9.90 Å². The van der Waals surface area contributed by atoms with Gasteiger partial charge in [0.05, 0.1) is 13.7 Å². The van der Waals surface area contributed by atoms with Crippen LogP contribution >= 0.6 is 45.2 Å². The Labute approximate surface area is 160 Å². The van der Waals surface area contributed by atoms with Crippen LogP contribution in [0.25, 0.3) is 22.3 Å². The molecule has 0 saturated heterocycles. The minimum Gasteiger partial charge on any atom is -0.504 e. The molecule has 0 radical (unpaired) electrons. The summed E-state index contributed by atoms with van der Waals surface area (Å²) in [7, 11) is 0. The van der Waals surface area contributed by atoms with E-state index in [0.717, 1.165) is 31.1 Å². The van der Waals surface area contributed by atoms with Crippen molar-refractivity contribution in [2.45, 2.75) is 19.8 Å². The van der Waals surface area contributed by atoms with Crippen molar-refractivity contribution in [3.8, 4) is 22.8 Å². The predicted molar refractivity (Wildman–Crippen MR) is 107 cm³/mol. The lowest BCUT2D eigenvalue weighted by molar-refractivity contribution is 0.305. The summed E-state index contributed by atoms with van der Waals surface area (Å²) >= 11 is 4.46. The number of fused-ring (bicyclic) bond motifs is 2. The summed E-state index contributed by atoms with van der Waals surface area (Å²) in [5.41, 5.74) is 0.941. The zero-order chi connectivity index (χ0) is 16.6. The van der Waals surface area contributed by atoms with Crippen molar-refractivity contribution in [3.05, 3.63) is 41.6 Å². The van der Waals surface area contributed by atoms with E-state index in [1.807, 2.05) is 12.1 Å². The molecule has 0 amide bonds. The molecule has 6 heteroatoms. The lowest BCUT2D eigenvalue weighted by Crippen LogP contribution is -2.02. The summed E-state index contributed by atoms with van der Waals surface area (Å²) in [5.74, 6) is 1.01. The van der Waals surface area contributed by atoms with Crippen molar-refractivity contribution in [1.29, 1.82) is 0 Å². The highest BCUT2D eigenvalue weighted by atomic mass is 127. The molecule has 120 valence electrons. The molecule has 1 aliphatic carbocycles. The highest BCUT2D eigenvalue weighted by molar-refractivity contribution is 14.1. The molecule has 2 aliphatic rings. The van der Waals surface area contributed by atoms with Crippen LogP contribution in [0.3, 0.4) is 0 Å². The van der Waals surface area contributed by atoms with Crippen molar-refractivity contribution in [1.82, 2.24) is 0 Å². The van der Waals surface area contributed by atoms with E-state index in [-0.39, 0.29) is 5.75 Å². The molecule has 0 saturated carbocycles. The third-order valence-electron chi connectivity index (χ3n) is 3.52. The molecule has 0 unspecified atom stereocenters. The summed E-state index contributed by atoms with van der Waals surface area (Å²) in [4.78, 5) is 11.6. The maximum atomic E-state index is 11.6. The monoisotopic (exact) mass is 536 g/mol. The molecule has 0 bridgehead atoms. The SMILES string of the molecule is CCCCOc1c(I)cc2cc3cc(O)c(=O)cc-3oc2c1I. The van der Waals surface area contributed by atoms with E-state index in [0.29, 0.717) is 23.5 Å². The number of benzene rings is 2. The van der Waals surface area contributed by atoms with Crippen molar-refractivity contribution in [2.24, 2.45) is 0 Å². The fourth-order valence-corrected chi connectivity index (χ4v) is 4.45. The zero-order valence-electron chi connectivity index (χ0n) is 12.4. The standard InChI is InChI=1S/C17H14I2O4/c1-2-3-4-22-17-11(18)6-10-5-9-7-12(20)13(21)8-14(9)23-16(10)15(17)19/h5-8,20H,2-4H2,1H3. The predicted octanol–water partition coefficient (Wildman–Crippen LogP) is 4.99. The molecule has 0 spiro atoms. The van der Waals surface area contributed by atoms with Crippen LogP contribution in [0.1, 0.15) is 19.8 Å². The highest BCUT2D eigenvalue weighted by Gasteiger charge is 2.17. The first-order chi connectivity index (χ1) is 11.0. The first-order valence-electron chi connectivity index (χ1n) is 7.22. The van der Waals surface area contributed by atoms with E-state index in [2.05, 4.69) is 52.1 Å². The Bertz CT molecular complexity index is 901. The number of phenolic OH excluding ortho intramolecular Hbond substituents is 1. The Morgan fingerprint density at radius 3 is 2.74 bits per heavy atom. The largest absolute Gasteiger partial charge is 0.504 e. The molecule has 0 fully saturated rings. The molecule has 1 heterocycles. The van der Waals surface area contributed by atoms with E-state index in [1.165, 1.54) is 12.1 Å². The average Bonchev–Trinajstić information content (AvgIpc) is 2.51. The summed E-state index contributed by atoms with van der Waals surface area (Å²) in [5, 5.41) is 10.5. The second-order valence-corrected chi connectivity index (χ2v) is 7.47. The van der Waals surface area contributed by atoms with Gasteiger partial charge < -0.3 is 14.3 Å². The van der Waals surface area contributed by atoms with Gasteiger partial charge in [-0.25, -0.2) is 0 Å². The lowest BCUT2D eigenvalue weighted by atomic mass is 10.1. The Hall–Kier alpha value is -1.03. The molecule has 0 aromatic heterocycles. The van der Waals surface area contributed by atoms with Crippen LogP contribution in [-0.4, -0.2) is 11.7 Å². The van der Waals surface area contributed by atoms with Crippen LogP contribution in [0.4, 0.5) is 0 Å². The molecule has 0 atom stereocenters. The number of rotatable bonds is 4. The maximum absolute atomic E-state index is 11.6. The summed E-state index contributed by atoms with van der Waals surface area (Å²) < 4.78 is 13.7. The van der Waals surface area contributed by atoms with Gasteiger partial charge in [-0.2, -0.15) is 0 Å². The quantitative estimate of drug-likeness (QED) is 0.290. The molecule has 3 rings (SSSR count).